The fraction of sp³-hybridized carbons (Fsp3) is 0.250. The molecule has 0 N–H and O–H groups in total. The largest absolute Gasteiger partial charge is 0.342 e. The fourth-order valence-corrected chi connectivity index (χ4v) is 3.10. The van der Waals surface area contributed by atoms with Gasteiger partial charge in [-0.1, -0.05) is 51.8 Å². The second-order valence-corrected chi connectivity index (χ2v) is 5.86. The van der Waals surface area contributed by atoms with Crippen LogP contribution in [0.25, 0.3) is 0 Å². The maximum atomic E-state index is 13.0. The topological polar surface area (TPSA) is 18.5 Å². The first-order valence-corrected chi connectivity index (χ1v) is 8.02. The molecule has 0 amide bonds. The highest BCUT2D eigenvalue weighted by Gasteiger charge is 2.42. The molecule has 1 saturated heterocycles. The normalized spacial score (nSPS) is 25.2. The summed E-state index contributed by atoms with van der Waals surface area (Å²) in [4.78, 5) is 0. The lowest BCUT2D eigenvalue weighted by atomic mass is 10.1. The maximum absolute atomic E-state index is 13.0. The summed E-state index contributed by atoms with van der Waals surface area (Å²) >= 11 is 9.37. The van der Waals surface area contributed by atoms with Crippen molar-refractivity contribution in [3.63, 3.8) is 0 Å². The van der Waals surface area contributed by atoms with Gasteiger partial charge in [0, 0.05) is 10.6 Å². The van der Waals surface area contributed by atoms with E-state index in [9.17, 15) is 4.39 Å². The molecular formula is C16H13BrClFO2. The second-order valence-electron chi connectivity index (χ2n) is 4.86. The van der Waals surface area contributed by atoms with E-state index < -0.39 is 5.79 Å². The van der Waals surface area contributed by atoms with E-state index >= 15 is 0 Å². The Morgan fingerprint density at radius 2 is 1.81 bits per heavy atom. The van der Waals surface area contributed by atoms with Gasteiger partial charge >= 0.3 is 0 Å². The molecule has 2 aromatic carbocycles. The summed E-state index contributed by atoms with van der Waals surface area (Å²) in [5.41, 5.74) is 1.79. The zero-order valence-corrected chi connectivity index (χ0v) is 13.4. The van der Waals surface area contributed by atoms with Crippen molar-refractivity contribution < 1.29 is 13.9 Å². The van der Waals surface area contributed by atoms with Gasteiger partial charge in [0.15, 0.2) is 0 Å². The van der Waals surface area contributed by atoms with E-state index in [2.05, 4.69) is 15.9 Å². The molecule has 0 radical (unpaired) electrons. The van der Waals surface area contributed by atoms with Gasteiger partial charge in [0.25, 0.3) is 0 Å². The number of alkyl halides is 1. The van der Waals surface area contributed by atoms with E-state index in [1.54, 1.807) is 24.3 Å². The molecule has 0 bridgehead atoms. The Labute approximate surface area is 136 Å². The molecule has 110 valence electrons. The predicted molar refractivity (Wildman–Crippen MR) is 83.1 cm³/mol. The Kier molecular flexibility index (Phi) is 4.31. The monoisotopic (exact) mass is 370 g/mol. The van der Waals surface area contributed by atoms with Crippen molar-refractivity contribution in [3.8, 4) is 0 Å². The van der Waals surface area contributed by atoms with Crippen LogP contribution < -0.4 is 0 Å². The molecular weight excluding hydrogens is 359 g/mol. The van der Waals surface area contributed by atoms with Crippen LogP contribution in [0.1, 0.15) is 17.2 Å². The summed E-state index contributed by atoms with van der Waals surface area (Å²) in [6.45, 7) is 0.417. The van der Waals surface area contributed by atoms with Crippen LogP contribution in [0.3, 0.4) is 0 Å². The minimum Gasteiger partial charge on any atom is -0.342 e. The van der Waals surface area contributed by atoms with Crippen LogP contribution in [0.4, 0.5) is 4.39 Å². The van der Waals surface area contributed by atoms with Crippen LogP contribution in [0.5, 0.6) is 0 Å². The molecule has 2 atom stereocenters. The Hall–Kier alpha value is -0.940. The number of benzene rings is 2. The van der Waals surface area contributed by atoms with Crippen LogP contribution in [0.2, 0.25) is 5.02 Å². The Balaban J connectivity index is 1.85. The molecule has 0 unspecified atom stereocenters. The molecule has 0 aliphatic carbocycles. The third kappa shape index (κ3) is 2.99. The molecule has 1 fully saturated rings. The first-order chi connectivity index (χ1) is 10.1. The van der Waals surface area contributed by atoms with Gasteiger partial charge in [-0.25, -0.2) is 4.39 Å². The number of halogens is 3. The lowest BCUT2D eigenvalue weighted by Gasteiger charge is -2.26. The fourth-order valence-electron chi connectivity index (χ4n) is 2.35. The summed E-state index contributed by atoms with van der Waals surface area (Å²) in [7, 11) is 0. The van der Waals surface area contributed by atoms with Gasteiger partial charge in [0.1, 0.15) is 11.9 Å². The van der Waals surface area contributed by atoms with Crippen LogP contribution in [-0.4, -0.2) is 11.9 Å². The van der Waals surface area contributed by atoms with Crippen molar-refractivity contribution in [1.29, 1.82) is 0 Å². The summed E-state index contributed by atoms with van der Waals surface area (Å²) in [6, 6.07) is 13.7. The molecule has 21 heavy (non-hydrogen) atoms. The number of hydrogen-bond donors (Lipinski definition) is 0. The zero-order chi connectivity index (χ0) is 14.9. The van der Waals surface area contributed by atoms with Crippen molar-refractivity contribution in [1.82, 2.24) is 0 Å². The molecule has 5 heteroatoms. The highest BCUT2D eigenvalue weighted by molar-refractivity contribution is 9.09. The summed E-state index contributed by atoms with van der Waals surface area (Å²) in [5, 5.41) is 1.16. The molecule has 1 heterocycles. The van der Waals surface area contributed by atoms with Gasteiger partial charge in [-0.05, 0) is 29.8 Å². The van der Waals surface area contributed by atoms with Gasteiger partial charge in [-0.2, -0.15) is 0 Å². The quantitative estimate of drug-likeness (QED) is 0.721. The first-order valence-electron chi connectivity index (χ1n) is 6.52. The van der Waals surface area contributed by atoms with Crippen LogP contribution in [-0.2, 0) is 15.3 Å². The predicted octanol–water partition coefficient (Wildman–Crippen LogP) is 4.81. The van der Waals surface area contributed by atoms with Gasteiger partial charge in [-0.3, -0.25) is 0 Å². The lowest BCUT2D eigenvalue weighted by molar-refractivity contribution is -0.157. The third-order valence-electron chi connectivity index (χ3n) is 3.50. The summed E-state index contributed by atoms with van der Waals surface area (Å²) in [5.74, 6) is -1.11. The van der Waals surface area contributed by atoms with Crippen molar-refractivity contribution in [2.75, 3.05) is 11.9 Å². The minimum absolute atomic E-state index is 0.223. The number of ether oxygens (including phenoxy) is 2. The van der Waals surface area contributed by atoms with E-state index in [-0.39, 0.29) is 11.9 Å². The van der Waals surface area contributed by atoms with Crippen molar-refractivity contribution in [2.24, 2.45) is 0 Å². The smallest absolute Gasteiger partial charge is 0.205 e. The SMILES string of the molecule is Fc1ccc([C@@H]2CO[C@](CBr)(c3ccc(Cl)cc3)O2)cc1. The Morgan fingerprint density at radius 1 is 1.14 bits per heavy atom. The number of hydrogen-bond acceptors (Lipinski definition) is 2. The van der Waals surface area contributed by atoms with E-state index in [1.165, 1.54) is 12.1 Å². The molecule has 2 aromatic rings. The highest BCUT2D eigenvalue weighted by atomic mass is 79.9. The van der Waals surface area contributed by atoms with Crippen LogP contribution in [0, 0.1) is 5.82 Å². The maximum Gasteiger partial charge on any atom is 0.205 e. The first kappa shape index (κ1) is 15.0. The van der Waals surface area contributed by atoms with Gasteiger partial charge in [-0.15, -0.1) is 0 Å². The molecule has 2 nitrogen and oxygen atoms in total. The highest BCUT2D eigenvalue weighted by Crippen LogP contribution is 2.41. The number of rotatable bonds is 3. The standard InChI is InChI=1S/C16H13BrClFO2/c17-10-16(12-3-5-13(18)6-4-12)20-9-15(21-16)11-1-7-14(19)8-2-11/h1-8,15H,9-10H2/t15-,16-/m0/s1. The zero-order valence-electron chi connectivity index (χ0n) is 11.1. The third-order valence-corrected chi connectivity index (χ3v) is 4.49. The average molecular weight is 372 g/mol. The van der Waals surface area contributed by atoms with Crippen LogP contribution >= 0.6 is 27.5 Å². The van der Waals surface area contributed by atoms with E-state index in [1.807, 2.05) is 12.1 Å². The lowest BCUT2D eigenvalue weighted by Crippen LogP contribution is -2.29. The van der Waals surface area contributed by atoms with Crippen molar-refractivity contribution in [2.45, 2.75) is 11.9 Å². The minimum atomic E-state index is -0.844. The van der Waals surface area contributed by atoms with Crippen LogP contribution in [0.15, 0.2) is 48.5 Å². The average Bonchev–Trinajstić information content (AvgIpc) is 2.94. The summed E-state index contributed by atoms with van der Waals surface area (Å²) < 4.78 is 25.0. The van der Waals surface area contributed by atoms with E-state index in [0.717, 1.165) is 11.1 Å². The van der Waals surface area contributed by atoms with Gasteiger partial charge in [0.05, 0.1) is 11.9 Å². The van der Waals surface area contributed by atoms with Crippen molar-refractivity contribution in [3.05, 3.63) is 70.5 Å². The van der Waals surface area contributed by atoms with E-state index in [0.29, 0.717) is 17.0 Å². The van der Waals surface area contributed by atoms with Gasteiger partial charge in [0.2, 0.25) is 5.79 Å². The summed E-state index contributed by atoms with van der Waals surface area (Å²) in [6.07, 6.45) is -0.223. The van der Waals surface area contributed by atoms with Gasteiger partial charge < -0.3 is 9.47 Å². The molecule has 0 aromatic heterocycles. The molecule has 0 saturated carbocycles. The van der Waals surface area contributed by atoms with Crippen molar-refractivity contribution >= 4 is 27.5 Å². The second kappa shape index (κ2) is 6.05. The molecule has 1 aliphatic heterocycles. The molecule has 0 spiro atoms. The van der Waals surface area contributed by atoms with E-state index in [4.69, 9.17) is 21.1 Å². The Bertz CT molecular complexity index is 617. The molecule has 1 aliphatic rings. The Morgan fingerprint density at radius 3 is 2.43 bits per heavy atom. The molecule has 3 rings (SSSR count).